The van der Waals surface area contributed by atoms with Crippen LogP contribution in [0, 0.1) is 0 Å². The van der Waals surface area contributed by atoms with Crippen molar-refractivity contribution in [3.8, 4) is 34.6 Å². The fourth-order valence-corrected chi connectivity index (χ4v) is 2.38. The van der Waals surface area contributed by atoms with Crippen molar-refractivity contribution in [3.63, 3.8) is 0 Å². The minimum atomic E-state index is -0.901. The van der Waals surface area contributed by atoms with E-state index in [1.54, 1.807) is 56.7 Å². The molecule has 7 nitrogen and oxygen atoms in total. The number of carbonyl (C=O) groups is 1. The second kappa shape index (κ2) is 8.27. The Morgan fingerprint density at radius 1 is 0.963 bits per heavy atom. The minimum absolute atomic E-state index is 0.00443. The molecule has 27 heavy (non-hydrogen) atoms. The van der Waals surface area contributed by atoms with E-state index >= 15 is 0 Å². The molecule has 0 atom stereocenters. The Morgan fingerprint density at radius 2 is 1.63 bits per heavy atom. The molecule has 140 valence electrons. The summed E-state index contributed by atoms with van der Waals surface area (Å²) in [6, 6.07) is 13.9. The molecule has 0 N–H and O–H groups in total. The highest BCUT2D eigenvalue weighted by Crippen LogP contribution is 2.33. The molecule has 0 spiro atoms. The Hall–Kier alpha value is -3.48. The first-order valence-corrected chi connectivity index (χ1v) is 8.30. The van der Waals surface area contributed by atoms with Gasteiger partial charge in [-0.25, -0.2) is 9.78 Å². The number of aromatic nitrogens is 1. The van der Waals surface area contributed by atoms with Crippen LogP contribution in [-0.2, 0) is 6.42 Å². The molecule has 3 rings (SSSR count). The molecule has 1 aromatic heterocycles. The van der Waals surface area contributed by atoms with E-state index in [4.69, 9.17) is 23.4 Å². The zero-order valence-corrected chi connectivity index (χ0v) is 15.2. The maximum Gasteiger partial charge on any atom is 0.521 e. The van der Waals surface area contributed by atoms with Crippen LogP contribution in [0.15, 0.2) is 52.9 Å². The zero-order chi connectivity index (χ0) is 19.2. The largest absolute Gasteiger partial charge is 0.521 e. The predicted octanol–water partition coefficient (Wildman–Crippen LogP) is 4.50. The van der Waals surface area contributed by atoms with Gasteiger partial charge in [-0.1, -0.05) is 25.1 Å². The van der Waals surface area contributed by atoms with Crippen LogP contribution in [-0.4, -0.2) is 25.4 Å². The summed E-state index contributed by atoms with van der Waals surface area (Å²) in [5.74, 6) is 1.83. The second-order valence-corrected chi connectivity index (χ2v) is 5.48. The number of oxazole rings is 1. The third-order valence-electron chi connectivity index (χ3n) is 3.72. The summed E-state index contributed by atoms with van der Waals surface area (Å²) in [5.41, 5.74) is 1.13. The average molecular weight is 369 g/mol. The molecule has 0 aliphatic carbocycles. The van der Waals surface area contributed by atoms with Crippen LogP contribution in [0.3, 0.4) is 0 Å². The van der Waals surface area contributed by atoms with Crippen molar-refractivity contribution in [3.05, 3.63) is 54.2 Å². The third kappa shape index (κ3) is 4.38. The van der Waals surface area contributed by atoms with Gasteiger partial charge in [-0.2, -0.15) is 0 Å². The highest BCUT2D eigenvalue weighted by molar-refractivity contribution is 5.67. The second-order valence-electron chi connectivity index (χ2n) is 5.48. The van der Waals surface area contributed by atoms with E-state index < -0.39 is 6.16 Å². The average Bonchev–Trinajstić information content (AvgIpc) is 3.11. The summed E-state index contributed by atoms with van der Waals surface area (Å²) >= 11 is 0. The molecular weight excluding hydrogens is 350 g/mol. The van der Waals surface area contributed by atoms with Crippen molar-refractivity contribution in [2.75, 3.05) is 14.2 Å². The highest BCUT2D eigenvalue weighted by Gasteiger charge is 2.20. The van der Waals surface area contributed by atoms with Crippen molar-refractivity contribution >= 4 is 6.16 Å². The lowest BCUT2D eigenvalue weighted by Crippen LogP contribution is -2.14. The molecule has 0 bridgehead atoms. The Bertz CT molecular complexity index is 897. The van der Waals surface area contributed by atoms with Crippen LogP contribution in [0.4, 0.5) is 4.79 Å². The van der Waals surface area contributed by atoms with Gasteiger partial charge < -0.3 is 23.4 Å². The summed E-state index contributed by atoms with van der Waals surface area (Å²) in [6.07, 6.45) is -0.389. The van der Waals surface area contributed by atoms with E-state index in [9.17, 15) is 4.79 Å². The van der Waals surface area contributed by atoms with Gasteiger partial charge in [-0.3, -0.25) is 0 Å². The van der Waals surface area contributed by atoms with Gasteiger partial charge >= 0.3 is 12.1 Å². The summed E-state index contributed by atoms with van der Waals surface area (Å²) in [6.45, 7) is 1.88. The van der Waals surface area contributed by atoms with Gasteiger partial charge in [0.05, 0.1) is 14.2 Å². The SMILES string of the molecule is CCc1nc(-c2cc(OC)cc(OC)c2)oc1OC(=O)Oc1ccccc1. The smallest absolute Gasteiger partial charge is 0.497 e. The van der Waals surface area contributed by atoms with Gasteiger partial charge in [0, 0.05) is 11.6 Å². The van der Waals surface area contributed by atoms with Gasteiger partial charge in [0.1, 0.15) is 22.9 Å². The molecular formula is C20H19NO6. The van der Waals surface area contributed by atoms with E-state index in [0.717, 1.165) is 0 Å². The first kappa shape index (κ1) is 18.3. The molecule has 0 aliphatic heterocycles. The zero-order valence-electron chi connectivity index (χ0n) is 15.2. The summed E-state index contributed by atoms with van der Waals surface area (Å²) in [4.78, 5) is 16.4. The Labute approximate surface area is 156 Å². The lowest BCUT2D eigenvalue weighted by Gasteiger charge is -2.06. The fraction of sp³-hybridized carbons (Fsp3) is 0.200. The topological polar surface area (TPSA) is 80.0 Å². The van der Waals surface area contributed by atoms with Crippen LogP contribution in [0.2, 0.25) is 0 Å². The first-order chi connectivity index (χ1) is 13.1. The number of hydrogen-bond acceptors (Lipinski definition) is 7. The number of hydrogen-bond donors (Lipinski definition) is 0. The Morgan fingerprint density at radius 3 is 2.22 bits per heavy atom. The van der Waals surface area contributed by atoms with E-state index in [1.165, 1.54) is 0 Å². The number of aryl methyl sites for hydroxylation is 1. The van der Waals surface area contributed by atoms with Crippen molar-refractivity contribution in [1.82, 2.24) is 4.98 Å². The Kier molecular flexibility index (Phi) is 5.61. The summed E-state index contributed by atoms with van der Waals surface area (Å²) in [7, 11) is 3.11. The van der Waals surface area contributed by atoms with Crippen LogP contribution in [0.1, 0.15) is 12.6 Å². The van der Waals surface area contributed by atoms with E-state index in [0.29, 0.717) is 34.9 Å². The number of para-hydroxylation sites is 1. The van der Waals surface area contributed by atoms with Crippen LogP contribution >= 0.6 is 0 Å². The third-order valence-corrected chi connectivity index (χ3v) is 3.72. The molecule has 0 saturated carbocycles. The van der Waals surface area contributed by atoms with Gasteiger partial charge in [0.2, 0.25) is 5.89 Å². The minimum Gasteiger partial charge on any atom is -0.497 e. The monoisotopic (exact) mass is 369 g/mol. The molecule has 2 aromatic carbocycles. The van der Waals surface area contributed by atoms with E-state index in [-0.39, 0.29) is 11.8 Å². The summed E-state index contributed by atoms with van der Waals surface area (Å²) in [5, 5.41) is 0. The van der Waals surface area contributed by atoms with Crippen LogP contribution in [0.25, 0.3) is 11.5 Å². The quantitative estimate of drug-likeness (QED) is 0.467. The number of carbonyl (C=O) groups excluding carboxylic acids is 1. The number of benzene rings is 2. The molecule has 0 aliphatic rings. The molecule has 0 unspecified atom stereocenters. The van der Waals surface area contributed by atoms with E-state index in [1.807, 2.05) is 13.0 Å². The molecule has 0 radical (unpaired) electrons. The number of rotatable bonds is 6. The standard InChI is InChI=1S/C20H19NO6/c1-4-17-19(27-20(22)25-14-8-6-5-7-9-14)26-18(21-17)13-10-15(23-2)12-16(11-13)24-3/h5-12H,4H2,1-3H3. The van der Waals surface area contributed by atoms with Gasteiger partial charge in [-0.05, 0) is 30.7 Å². The molecule has 3 aromatic rings. The van der Waals surface area contributed by atoms with Gasteiger partial charge in [-0.15, -0.1) is 0 Å². The molecule has 1 heterocycles. The van der Waals surface area contributed by atoms with Crippen molar-refractivity contribution in [2.24, 2.45) is 0 Å². The maximum atomic E-state index is 12.0. The van der Waals surface area contributed by atoms with E-state index in [2.05, 4.69) is 4.98 Å². The predicted molar refractivity (Wildman–Crippen MR) is 97.5 cm³/mol. The molecule has 0 amide bonds. The lowest BCUT2D eigenvalue weighted by molar-refractivity contribution is 0.140. The molecule has 0 fully saturated rings. The van der Waals surface area contributed by atoms with Crippen LogP contribution < -0.4 is 18.9 Å². The fourth-order valence-electron chi connectivity index (χ4n) is 2.38. The van der Waals surface area contributed by atoms with Gasteiger partial charge in [0.25, 0.3) is 0 Å². The number of ether oxygens (including phenoxy) is 4. The molecule has 7 heteroatoms. The van der Waals surface area contributed by atoms with Crippen molar-refractivity contribution in [1.29, 1.82) is 0 Å². The lowest BCUT2D eigenvalue weighted by atomic mass is 10.2. The maximum absolute atomic E-state index is 12.0. The van der Waals surface area contributed by atoms with Gasteiger partial charge in [0.15, 0.2) is 0 Å². The van der Waals surface area contributed by atoms with Crippen molar-refractivity contribution < 1.29 is 28.2 Å². The van der Waals surface area contributed by atoms with Crippen molar-refractivity contribution in [2.45, 2.75) is 13.3 Å². The van der Waals surface area contributed by atoms with Crippen LogP contribution in [0.5, 0.6) is 23.2 Å². The number of nitrogens with zero attached hydrogens (tertiary/aromatic N) is 1. The number of methoxy groups -OCH3 is 2. The summed E-state index contributed by atoms with van der Waals surface area (Å²) < 4.78 is 26.5. The first-order valence-electron chi connectivity index (χ1n) is 8.30. The molecule has 0 saturated heterocycles. The normalized spacial score (nSPS) is 10.3. The Balaban J connectivity index is 1.84. The highest BCUT2D eigenvalue weighted by atomic mass is 16.8.